The van der Waals surface area contributed by atoms with Gasteiger partial charge in [0.15, 0.2) is 5.79 Å². The van der Waals surface area contributed by atoms with Crippen molar-refractivity contribution in [3.8, 4) is 0 Å². The molecular weight excluding hydrogens is 224 g/mol. The fourth-order valence-corrected chi connectivity index (χ4v) is 2.50. The van der Waals surface area contributed by atoms with Gasteiger partial charge in [0.25, 0.3) is 0 Å². The monoisotopic (exact) mass is 244 g/mol. The predicted octanol–water partition coefficient (Wildman–Crippen LogP) is 0.816. The third kappa shape index (κ3) is 1.73. The van der Waals surface area contributed by atoms with E-state index in [0.717, 1.165) is 0 Å². The van der Waals surface area contributed by atoms with Gasteiger partial charge in [-0.3, -0.25) is 0 Å². The Labute approximate surface area is 101 Å². The number of ether oxygens (including phenoxy) is 4. The van der Waals surface area contributed by atoms with Crippen LogP contribution in [0.1, 0.15) is 20.8 Å². The van der Waals surface area contributed by atoms with Crippen molar-refractivity contribution in [3.63, 3.8) is 0 Å². The second-order valence-corrected chi connectivity index (χ2v) is 5.18. The van der Waals surface area contributed by atoms with Crippen LogP contribution in [0, 0.1) is 0 Å². The fraction of sp³-hybridized carbons (Fsp3) is 0.833. The van der Waals surface area contributed by atoms with Gasteiger partial charge >= 0.3 is 0 Å². The summed E-state index contributed by atoms with van der Waals surface area (Å²) in [5, 5.41) is 9.52. The van der Waals surface area contributed by atoms with Gasteiger partial charge in [-0.15, -0.1) is 0 Å². The Morgan fingerprint density at radius 1 is 1.29 bits per heavy atom. The zero-order valence-electron chi connectivity index (χ0n) is 10.7. The first kappa shape index (κ1) is 13.0. The van der Waals surface area contributed by atoms with E-state index in [1.165, 1.54) is 7.11 Å². The lowest BCUT2D eigenvalue weighted by molar-refractivity contribution is -0.285. The van der Waals surface area contributed by atoms with Crippen LogP contribution in [0.5, 0.6) is 0 Å². The number of fused-ring (bicyclic) bond motifs is 1. The largest absolute Gasteiger partial charge is 0.393 e. The van der Waals surface area contributed by atoms with Crippen LogP contribution in [0.25, 0.3) is 0 Å². The lowest BCUT2D eigenvalue weighted by Crippen LogP contribution is -2.44. The Kier molecular flexibility index (Phi) is 2.88. The van der Waals surface area contributed by atoms with Crippen LogP contribution in [0.2, 0.25) is 0 Å². The first-order valence-corrected chi connectivity index (χ1v) is 5.68. The molecule has 2 aliphatic rings. The van der Waals surface area contributed by atoms with Crippen molar-refractivity contribution in [1.82, 2.24) is 0 Å². The molecule has 0 radical (unpaired) electrons. The van der Waals surface area contributed by atoms with Crippen LogP contribution in [-0.2, 0) is 18.9 Å². The minimum absolute atomic E-state index is 0.174. The van der Waals surface area contributed by atoms with Crippen LogP contribution in [-0.4, -0.2) is 48.2 Å². The van der Waals surface area contributed by atoms with E-state index in [1.807, 2.05) is 13.8 Å². The molecule has 0 bridgehead atoms. The molecule has 2 rings (SSSR count). The third-order valence-corrected chi connectivity index (χ3v) is 3.41. The molecule has 5 heteroatoms. The van der Waals surface area contributed by atoms with E-state index in [9.17, 15) is 5.11 Å². The minimum Gasteiger partial charge on any atom is -0.393 e. The molecule has 0 unspecified atom stereocenters. The zero-order valence-corrected chi connectivity index (χ0v) is 10.7. The van der Waals surface area contributed by atoms with Crippen molar-refractivity contribution >= 4 is 0 Å². The maximum absolute atomic E-state index is 9.52. The second-order valence-electron chi connectivity index (χ2n) is 5.18. The van der Waals surface area contributed by atoms with Crippen molar-refractivity contribution in [3.05, 3.63) is 12.7 Å². The minimum atomic E-state index is -1.07. The lowest BCUT2D eigenvalue weighted by Gasteiger charge is -2.33. The predicted molar refractivity (Wildman–Crippen MR) is 60.3 cm³/mol. The van der Waals surface area contributed by atoms with Gasteiger partial charge in [-0.05, 0) is 26.8 Å². The number of aliphatic hydroxyl groups is 1. The van der Waals surface area contributed by atoms with Crippen LogP contribution in [0.4, 0.5) is 0 Å². The second kappa shape index (κ2) is 3.76. The molecule has 0 aliphatic carbocycles. The van der Waals surface area contributed by atoms with Gasteiger partial charge in [-0.1, -0.05) is 6.58 Å². The van der Waals surface area contributed by atoms with Crippen LogP contribution < -0.4 is 0 Å². The zero-order chi connectivity index (χ0) is 12.9. The van der Waals surface area contributed by atoms with E-state index in [-0.39, 0.29) is 12.7 Å². The van der Waals surface area contributed by atoms with Gasteiger partial charge in [0.2, 0.25) is 5.79 Å². The normalized spacial score (nSPS) is 48.1. The van der Waals surface area contributed by atoms with E-state index in [2.05, 4.69) is 6.58 Å². The Morgan fingerprint density at radius 3 is 2.35 bits per heavy atom. The van der Waals surface area contributed by atoms with Gasteiger partial charge in [0, 0.05) is 7.11 Å². The number of hydrogen-bond acceptors (Lipinski definition) is 5. The highest BCUT2D eigenvalue weighted by atomic mass is 16.8. The summed E-state index contributed by atoms with van der Waals surface area (Å²) < 4.78 is 22.8. The standard InChI is InChI=1S/C12H20O5/c1-6-12(14-5)9-8(11(4,7-13)17-12)15-10(2,3)16-9/h6,8-9,13H,1,7H2,2-5H3/t8-,9+,11+,12-/m0/s1. The first-order chi connectivity index (χ1) is 7.82. The maximum Gasteiger partial charge on any atom is 0.217 e. The SMILES string of the molecule is C=C[C@]1(OC)O[C@](C)(CO)[C@H]2OC(C)(C)O[C@H]21. The van der Waals surface area contributed by atoms with E-state index in [0.29, 0.717) is 0 Å². The number of aliphatic hydroxyl groups excluding tert-OH is 1. The molecule has 2 heterocycles. The Balaban J connectivity index is 2.40. The molecule has 0 amide bonds. The van der Waals surface area contributed by atoms with Gasteiger partial charge in [-0.2, -0.15) is 0 Å². The van der Waals surface area contributed by atoms with E-state index in [4.69, 9.17) is 18.9 Å². The molecule has 1 N–H and O–H groups in total. The number of methoxy groups -OCH3 is 1. The van der Waals surface area contributed by atoms with Crippen molar-refractivity contribution in [2.45, 2.75) is 50.2 Å². The molecule has 2 saturated heterocycles. The van der Waals surface area contributed by atoms with Crippen LogP contribution in [0.3, 0.4) is 0 Å². The summed E-state index contributed by atoms with van der Waals surface area (Å²) in [7, 11) is 1.52. The molecule has 2 aliphatic heterocycles. The summed E-state index contributed by atoms with van der Waals surface area (Å²) in [4.78, 5) is 0. The van der Waals surface area contributed by atoms with Gasteiger partial charge in [0.05, 0.1) is 6.61 Å². The van der Waals surface area contributed by atoms with E-state index >= 15 is 0 Å². The first-order valence-electron chi connectivity index (χ1n) is 5.68. The molecule has 0 aromatic carbocycles. The highest BCUT2D eigenvalue weighted by Crippen LogP contribution is 2.49. The highest BCUT2D eigenvalue weighted by molar-refractivity contribution is 5.14. The summed E-state index contributed by atoms with van der Waals surface area (Å²) >= 11 is 0. The maximum atomic E-state index is 9.52. The van der Waals surface area contributed by atoms with Crippen LogP contribution >= 0.6 is 0 Å². The lowest BCUT2D eigenvalue weighted by atomic mass is 9.96. The summed E-state index contributed by atoms with van der Waals surface area (Å²) in [5.74, 6) is -1.79. The van der Waals surface area contributed by atoms with Gasteiger partial charge < -0.3 is 24.1 Å². The van der Waals surface area contributed by atoms with Crippen LogP contribution in [0.15, 0.2) is 12.7 Å². The molecule has 2 fully saturated rings. The Hall–Kier alpha value is -0.460. The summed E-state index contributed by atoms with van der Waals surface area (Å²) in [5.41, 5.74) is -0.858. The average molecular weight is 244 g/mol. The molecule has 5 nitrogen and oxygen atoms in total. The third-order valence-electron chi connectivity index (χ3n) is 3.41. The molecule has 98 valence electrons. The smallest absolute Gasteiger partial charge is 0.217 e. The fourth-order valence-electron chi connectivity index (χ4n) is 2.50. The molecule has 0 spiro atoms. The van der Waals surface area contributed by atoms with Gasteiger partial charge in [0.1, 0.15) is 17.8 Å². The van der Waals surface area contributed by atoms with Crippen molar-refractivity contribution in [1.29, 1.82) is 0 Å². The Bertz CT molecular complexity index is 329. The van der Waals surface area contributed by atoms with Crippen molar-refractivity contribution in [2.75, 3.05) is 13.7 Å². The molecule has 0 aromatic heterocycles. The summed E-state index contributed by atoms with van der Waals surface area (Å²) in [6.07, 6.45) is 0.730. The summed E-state index contributed by atoms with van der Waals surface area (Å²) in [6.45, 7) is 8.98. The summed E-state index contributed by atoms with van der Waals surface area (Å²) in [6, 6.07) is 0. The quantitative estimate of drug-likeness (QED) is 0.745. The molecular formula is C12H20O5. The molecule has 0 aromatic rings. The molecule has 17 heavy (non-hydrogen) atoms. The average Bonchev–Trinajstić information content (AvgIpc) is 2.72. The van der Waals surface area contributed by atoms with Crippen molar-refractivity contribution in [2.24, 2.45) is 0 Å². The van der Waals surface area contributed by atoms with E-state index in [1.54, 1.807) is 13.0 Å². The topological polar surface area (TPSA) is 57.2 Å². The van der Waals surface area contributed by atoms with Crippen molar-refractivity contribution < 1.29 is 24.1 Å². The van der Waals surface area contributed by atoms with E-state index < -0.39 is 23.3 Å². The number of hydrogen-bond donors (Lipinski definition) is 1. The molecule has 4 atom stereocenters. The highest BCUT2D eigenvalue weighted by Gasteiger charge is 2.67. The van der Waals surface area contributed by atoms with Gasteiger partial charge in [-0.25, -0.2) is 0 Å². The molecule has 0 saturated carbocycles. The number of rotatable bonds is 3. The Morgan fingerprint density at radius 2 is 1.88 bits per heavy atom.